The molecule has 0 saturated heterocycles. The fourth-order valence-corrected chi connectivity index (χ4v) is 3.80. The number of furan rings is 1. The summed E-state index contributed by atoms with van der Waals surface area (Å²) >= 11 is 1.46. The first-order chi connectivity index (χ1) is 12.7. The molecule has 0 aliphatic heterocycles. The molecule has 0 aliphatic carbocycles. The number of aryl methyl sites for hydroxylation is 1. The zero-order valence-electron chi connectivity index (χ0n) is 15.1. The predicted molar refractivity (Wildman–Crippen MR) is 104 cm³/mol. The summed E-state index contributed by atoms with van der Waals surface area (Å²) in [5.41, 5.74) is 1.03. The standard InChI is InChI=1S/C20H23N3O2S/c1-3-14(4-2)19-22-23-20(26-19)21-18(24)13-11-16-10-12-17(25-16)15-8-6-5-7-9-15/h5-10,12,14H,3-4,11,13H2,1-2H3,(H,21,23,24). The van der Waals surface area contributed by atoms with Gasteiger partial charge in [-0.25, -0.2) is 0 Å². The van der Waals surface area contributed by atoms with Crippen LogP contribution in [0.4, 0.5) is 5.13 Å². The van der Waals surface area contributed by atoms with Gasteiger partial charge >= 0.3 is 0 Å². The molecule has 3 rings (SSSR count). The molecule has 136 valence electrons. The Morgan fingerprint density at radius 1 is 1.12 bits per heavy atom. The molecule has 0 spiro atoms. The van der Waals surface area contributed by atoms with Crippen LogP contribution in [0.3, 0.4) is 0 Å². The normalized spacial score (nSPS) is 11.0. The maximum absolute atomic E-state index is 12.2. The summed E-state index contributed by atoms with van der Waals surface area (Å²) in [5.74, 6) is 1.96. The highest BCUT2D eigenvalue weighted by molar-refractivity contribution is 7.15. The Hall–Kier alpha value is -2.47. The molecule has 3 aromatic rings. The van der Waals surface area contributed by atoms with Gasteiger partial charge in [-0.15, -0.1) is 10.2 Å². The third-order valence-electron chi connectivity index (χ3n) is 4.34. The van der Waals surface area contributed by atoms with Crippen molar-refractivity contribution in [1.29, 1.82) is 0 Å². The highest BCUT2D eigenvalue weighted by Gasteiger charge is 2.15. The number of carbonyl (C=O) groups is 1. The van der Waals surface area contributed by atoms with E-state index in [2.05, 4.69) is 29.4 Å². The van der Waals surface area contributed by atoms with Crippen LogP contribution in [0.25, 0.3) is 11.3 Å². The zero-order valence-corrected chi connectivity index (χ0v) is 15.9. The second kappa shape index (κ2) is 8.76. The van der Waals surface area contributed by atoms with E-state index in [0.29, 0.717) is 23.9 Å². The number of hydrogen-bond acceptors (Lipinski definition) is 5. The Morgan fingerprint density at radius 3 is 2.62 bits per heavy atom. The molecule has 2 heterocycles. The Kier molecular flexibility index (Phi) is 6.17. The first-order valence-electron chi connectivity index (χ1n) is 8.97. The summed E-state index contributed by atoms with van der Waals surface area (Å²) in [6.07, 6.45) is 2.96. The van der Waals surface area contributed by atoms with E-state index in [9.17, 15) is 4.79 Å². The molecule has 0 atom stereocenters. The molecular formula is C20H23N3O2S. The number of nitrogens with one attached hydrogen (secondary N) is 1. The van der Waals surface area contributed by atoms with E-state index in [1.807, 2.05) is 42.5 Å². The third kappa shape index (κ3) is 4.58. The number of anilines is 1. The lowest BCUT2D eigenvalue weighted by Gasteiger charge is -2.05. The van der Waals surface area contributed by atoms with Crippen molar-refractivity contribution >= 4 is 22.4 Å². The maximum atomic E-state index is 12.2. The fourth-order valence-electron chi connectivity index (χ4n) is 2.78. The molecule has 6 heteroatoms. The fraction of sp³-hybridized carbons (Fsp3) is 0.350. The molecule has 0 radical (unpaired) electrons. The van der Waals surface area contributed by atoms with Crippen LogP contribution < -0.4 is 5.32 Å². The van der Waals surface area contributed by atoms with E-state index in [0.717, 1.165) is 34.9 Å². The molecule has 0 bridgehead atoms. The van der Waals surface area contributed by atoms with Crippen molar-refractivity contribution < 1.29 is 9.21 Å². The van der Waals surface area contributed by atoms with Gasteiger partial charge in [-0.2, -0.15) is 0 Å². The van der Waals surface area contributed by atoms with Crippen molar-refractivity contribution in [1.82, 2.24) is 10.2 Å². The first-order valence-corrected chi connectivity index (χ1v) is 9.78. The number of hydrogen-bond donors (Lipinski definition) is 1. The largest absolute Gasteiger partial charge is 0.461 e. The quantitative estimate of drug-likeness (QED) is 0.587. The lowest BCUT2D eigenvalue weighted by Crippen LogP contribution is -2.11. The van der Waals surface area contributed by atoms with Crippen LogP contribution in [-0.4, -0.2) is 16.1 Å². The number of nitrogens with zero attached hydrogens (tertiary/aromatic N) is 2. The van der Waals surface area contributed by atoms with Gasteiger partial charge in [-0.1, -0.05) is 55.5 Å². The van der Waals surface area contributed by atoms with Crippen LogP contribution in [0.2, 0.25) is 0 Å². The molecule has 5 nitrogen and oxygen atoms in total. The molecular weight excluding hydrogens is 346 g/mol. The molecule has 26 heavy (non-hydrogen) atoms. The van der Waals surface area contributed by atoms with Crippen molar-refractivity contribution in [3.8, 4) is 11.3 Å². The van der Waals surface area contributed by atoms with Gasteiger partial charge in [0.2, 0.25) is 11.0 Å². The summed E-state index contributed by atoms with van der Waals surface area (Å²) < 4.78 is 5.83. The molecule has 1 N–H and O–H groups in total. The van der Waals surface area contributed by atoms with Crippen LogP contribution in [-0.2, 0) is 11.2 Å². The summed E-state index contributed by atoms with van der Waals surface area (Å²) in [5, 5.41) is 12.7. The minimum atomic E-state index is -0.0742. The monoisotopic (exact) mass is 369 g/mol. The number of carbonyl (C=O) groups excluding carboxylic acids is 1. The van der Waals surface area contributed by atoms with E-state index in [1.165, 1.54) is 11.3 Å². The maximum Gasteiger partial charge on any atom is 0.226 e. The van der Waals surface area contributed by atoms with Gasteiger partial charge in [0, 0.05) is 24.3 Å². The summed E-state index contributed by atoms with van der Waals surface area (Å²) in [6.45, 7) is 4.28. The molecule has 0 aliphatic rings. The second-order valence-corrected chi connectivity index (χ2v) is 7.15. The Labute approximate surface area is 157 Å². The van der Waals surface area contributed by atoms with Crippen LogP contribution >= 0.6 is 11.3 Å². The van der Waals surface area contributed by atoms with Crippen molar-refractivity contribution in [2.45, 2.75) is 45.4 Å². The van der Waals surface area contributed by atoms with Crippen molar-refractivity contribution in [2.75, 3.05) is 5.32 Å². The number of aromatic nitrogens is 2. The number of amides is 1. The summed E-state index contributed by atoms with van der Waals surface area (Å²) in [4.78, 5) is 12.2. The van der Waals surface area contributed by atoms with Gasteiger partial charge in [0.05, 0.1) is 0 Å². The van der Waals surface area contributed by atoms with Gasteiger partial charge in [0.15, 0.2) is 0 Å². The van der Waals surface area contributed by atoms with Gasteiger partial charge in [-0.05, 0) is 25.0 Å². The van der Waals surface area contributed by atoms with Crippen LogP contribution in [0.5, 0.6) is 0 Å². The van der Waals surface area contributed by atoms with Gasteiger partial charge in [0.25, 0.3) is 0 Å². The average Bonchev–Trinajstić information content (AvgIpc) is 3.32. The molecule has 0 fully saturated rings. The van der Waals surface area contributed by atoms with Crippen LogP contribution in [0.1, 0.15) is 49.8 Å². The van der Waals surface area contributed by atoms with E-state index >= 15 is 0 Å². The molecule has 0 unspecified atom stereocenters. The number of rotatable bonds is 8. The topological polar surface area (TPSA) is 68.0 Å². The molecule has 2 aromatic heterocycles. The first kappa shape index (κ1) is 18.3. The lowest BCUT2D eigenvalue weighted by molar-refractivity contribution is -0.116. The minimum Gasteiger partial charge on any atom is -0.461 e. The zero-order chi connectivity index (χ0) is 18.4. The Balaban J connectivity index is 1.52. The van der Waals surface area contributed by atoms with Gasteiger partial charge in [-0.3, -0.25) is 4.79 Å². The highest BCUT2D eigenvalue weighted by Crippen LogP contribution is 2.28. The van der Waals surface area contributed by atoms with Crippen molar-refractivity contribution in [3.63, 3.8) is 0 Å². The predicted octanol–water partition coefficient (Wildman–Crippen LogP) is 5.27. The summed E-state index contributed by atoms with van der Waals surface area (Å²) in [6, 6.07) is 13.8. The van der Waals surface area contributed by atoms with Crippen molar-refractivity contribution in [2.24, 2.45) is 0 Å². The SMILES string of the molecule is CCC(CC)c1nnc(NC(=O)CCc2ccc(-c3ccccc3)o2)s1. The molecule has 0 saturated carbocycles. The summed E-state index contributed by atoms with van der Waals surface area (Å²) in [7, 11) is 0. The third-order valence-corrected chi connectivity index (χ3v) is 5.34. The molecule has 1 aromatic carbocycles. The smallest absolute Gasteiger partial charge is 0.226 e. The van der Waals surface area contributed by atoms with E-state index < -0.39 is 0 Å². The minimum absolute atomic E-state index is 0.0742. The number of benzene rings is 1. The molecule has 1 amide bonds. The van der Waals surface area contributed by atoms with Gasteiger partial charge in [0.1, 0.15) is 16.5 Å². The van der Waals surface area contributed by atoms with Crippen LogP contribution in [0, 0.1) is 0 Å². The van der Waals surface area contributed by atoms with Crippen LogP contribution in [0.15, 0.2) is 46.9 Å². The van der Waals surface area contributed by atoms with Gasteiger partial charge < -0.3 is 9.73 Å². The average molecular weight is 369 g/mol. The van der Waals surface area contributed by atoms with Crippen molar-refractivity contribution in [3.05, 3.63) is 53.2 Å². The highest BCUT2D eigenvalue weighted by atomic mass is 32.1. The van der Waals surface area contributed by atoms with E-state index in [-0.39, 0.29) is 5.91 Å². The second-order valence-electron chi connectivity index (χ2n) is 6.14. The van der Waals surface area contributed by atoms with E-state index in [1.54, 1.807) is 0 Å². The Bertz CT molecular complexity index is 838. The lowest BCUT2D eigenvalue weighted by atomic mass is 10.1. The van der Waals surface area contributed by atoms with E-state index in [4.69, 9.17) is 4.42 Å². The Morgan fingerprint density at radius 2 is 1.88 bits per heavy atom.